The number of unbranched alkanes of at least 4 members (excludes halogenated alkanes) is 4. The van der Waals surface area contributed by atoms with Gasteiger partial charge in [0, 0.05) is 11.8 Å². The Balaban J connectivity index is 2.29. The van der Waals surface area contributed by atoms with Crippen LogP contribution in [0.3, 0.4) is 0 Å². The van der Waals surface area contributed by atoms with Crippen LogP contribution in [0.1, 0.15) is 44.6 Å². The molecule has 18 heavy (non-hydrogen) atoms. The molecular weight excluding hydrogens is 224 g/mol. The molecule has 0 radical (unpaired) electrons. The molecule has 0 amide bonds. The van der Waals surface area contributed by atoms with E-state index in [1.807, 2.05) is 6.07 Å². The fourth-order valence-electron chi connectivity index (χ4n) is 1.61. The summed E-state index contributed by atoms with van der Waals surface area (Å²) in [5.74, 6) is 6.54. The van der Waals surface area contributed by atoms with E-state index in [9.17, 15) is 0 Å². The minimum Gasteiger partial charge on any atom is -0.492 e. The van der Waals surface area contributed by atoms with E-state index < -0.39 is 0 Å². The summed E-state index contributed by atoms with van der Waals surface area (Å²) in [5.41, 5.74) is 6.18. The number of aromatic nitrogens is 1. The summed E-state index contributed by atoms with van der Waals surface area (Å²) in [4.78, 5) is 4.10. The Morgan fingerprint density at radius 3 is 2.83 bits per heavy atom. The zero-order chi connectivity index (χ0) is 13.1. The molecule has 1 rings (SSSR count). The second-order valence-corrected chi connectivity index (χ2v) is 4.18. The third-order valence-corrected chi connectivity index (χ3v) is 2.56. The average molecular weight is 246 g/mol. The number of nitrogens with zero attached hydrogens (tertiary/aromatic N) is 1. The van der Waals surface area contributed by atoms with Gasteiger partial charge in [-0.25, -0.2) is 0 Å². The zero-order valence-corrected chi connectivity index (χ0v) is 11.1. The molecular formula is C15H22N2O. The van der Waals surface area contributed by atoms with Gasteiger partial charge in [0.25, 0.3) is 0 Å². The molecule has 0 aliphatic carbocycles. The summed E-state index contributed by atoms with van der Waals surface area (Å²) in [6.45, 7) is 3.33. The standard InChI is InChI=1S/C15H22N2O/c1-2-3-4-5-6-10-18-15-11-14(8-7-9-16)12-17-13-15/h11-13H,2-6,9-10,16H2,1H3. The largest absolute Gasteiger partial charge is 0.492 e. The second kappa shape index (κ2) is 9.49. The number of rotatable bonds is 7. The number of pyridine rings is 1. The van der Waals surface area contributed by atoms with E-state index >= 15 is 0 Å². The second-order valence-electron chi connectivity index (χ2n) is 4.18. The van der Waals surface area contributed by atoms with Gasteiger partial charge in [-0.15, -0.1) is 0 Å². The average Bonchev–Trinajstić information content (AvgIpc) is 2.41. The molecule has 0 saturated carbocycles. The number of ether oxygens (including phenoxy) is 1. The van der Waals surface area contributed by atoms with E-state index in [1.54, 1.807) is 12.4 Å². The maximum absolute atomic E-state index is 5.65. The van der Waals surface area contributed by atoms with Crippen LogP contribution < -0.4 is 10.5 Å². The molecule has 0 aliphatic heterocycles. The molecule has 0 spiro atoms. The van der Waals surface area contributed by atoms with E-state index in [2.05, 4.69) is 23.7 Å². The molecule has 98 valence electrons. The first kappa shape index (κ1) is 14.5. The van der Waals surface area contributed by atoms with Gasteiger partial charge < -0.3 is 10.5 Å². The van der Waals surface area contributed by atoms with Gasteiger partial charge >= 0.3 is 0 Å². The highest BCUT2D eigenvalue weighted by Gasteiger charge is 1.96. The lowest BCUT2D eigenvalue weighted by atomic mass is 10.2. The van der Waals surface area contributed by atoms with Crippen molar-refractivity contribution in [2.45, 2.75) is 39.0 Å². The molecule has 0 aromatic carbocycles. The first-order valence-corrected chi connectivity index (χ1v) is 6.63. The van der Waals surface area contributed by atoms with Crippen LogP contribution in [0.2, 0.25) is 0 Å². The van der Waals surface area contributed by atoms with Gasteiger partial charge in [0.15, 0.2) is 0 Å². The first-order valence-electron chi connectivity index (χ1n) is 6.63. The van der Waals surface area contributed by atoms with Crippen LogP contribution in [-0.4, -0.2) is 18.1 Å². The minimum atomic E-state index is 0.364. The van der Waals surface area contributed by atoms with Crippen molar-refractivity contribution in [1.29, 1.82) is 0 Å². The molecule has 1 heterocycles. The van der Waals surface area contributed by atoms with Gasteiger partial charge in [-0.1, -0.05) is 44.4 Å². The van der Waals surface area contributed by atoms with Crippen LogP contribution in [0.15, 0.2) is 18.5 Å². The van der Waals surface area contributed by atoms with Crippen LogP contribution in [-0.2, 0) is 0 Å². The van der Waals surface area contributed by atoms with Gasteiger partial charge in [0.05, 0.1) is 19.3 Å². The van der Waals surface area contributed by atoms with Gasteiger partial charge in [-0.3, -0.25) is 4.98 Å². The highest BCUT2D eigenvalue weighted by molar-refractivity contribution is 5.36. The third-order valence-electron chi connectivity index (χ3n) is 2.56. The lowest BCUT2D eigenvalue weighted by Gasteiger charge is -2.05. The van der Waals surface area contributed by atoms with E-state index in [0.29, 0.717) is 6.54 Å². The fourth-order valence-corrected chi connectivity index (χ4v) is 1.61. The Hall–Kier alpha value is -1.53. The topological polar surface area (TPSA) is 48.1 Å². The first-order chi connectivity index (χ1) is 8.86. The van der Waals surface area contributed by atoms with E-state index in [1.165, 1.54) is 25.7 Å². The number of hydrogen-bond donors (Lipinski definition) is 1. The molecule has 3 nitrogen and oxygen atoms in total. The monoisotopic (exact) mass is 246 g/mol. The Kier molecular flexibility index (Phi) is 7.66. The van der Waals surface area contributed by atoms with Crippen molar-refractivity contribution in [1.82, 2.24) is 4.98 Å². The molecule has 3 heteroatoms. The summed E-state index contributed by atoms with van der Waals surface area (Å²) in [7, 11) is 0. The molecule has 0 fully saturated rings. The van der Waals surface area contributed by atoms with Gasteiger partial charge in [-0.2, -0.15) is 0 Å². The van der Waals surface area contributed by atoms with Crippen molar-refractivity contribution in [3.8, 4) is 17.6 Å². The van der Waals surface area contributed by atoms with E-state index in [0.717, 1.165) is 24.3 Å². The number of hydrogen-bond acceptors (Lipinski definition) is 3. The normalized spacial score (nSPS) is 9.67. The molecule has 0 atom stereocenters. The van der Waals surface area contributed by atoms with E-state index in [-0.39, 0.29) is 0 Å². The van der Waals surface area contributed by atoms with Crippen LogP contribution >= 0.6 is 0 Å². The summed E-state index contributed by atoms with van der Waals surface area (Å²) in [6, 6.07) is 1.90. The molecule has 1 aromatic rings. The van der Waals surface area contributed by atoms with Crippen LogP contribution in [0, 0.1) is 11.8 Å². The SMILES string of the molecule is CCCCCCCOc1cncc(C#CCN)c1. The Labute approximate surface area is 110 Å². The highest BCUT2D eigenvalue weighted by atomic mass is 16.5. The van der Waals surface area contributed by atoms with Gasteiger partial charge in [0.2, 0.25) is 0 Å². The van der Waals surface area contributed by atoms with Crippen molar-refractivity contribution in [2.24, 2.45) is 5.73 Å². The highest BCUT2D eigenvalue weighted by Crippen LogP contribution is 2.11. The summed E-state index contributed by atoms with van der Waals surface area (Å²) >= 11 is 0. The van der Waals surface area contributed by atoms with Crippen LogP contribution in [0.5, 0.6) is 5.75 Å². The lowest BCUT2D eigenvalue weighted by molar-refractivity contribution is 0.303. The maximum Gasteiger partial charge on any atom is 0.138 e. The molecule has 2 N–H and O–H groups in total. The number of nitrogens with two attached hydrogens (primary N) is 1. The molecule has 0 aliphatic rings. The zero-order valence-electron chi connectivity index (χ0n) is 11.1. The van der Waals surface area contributed by atoms with E-state index in [4.69, 9.17) is 10.5 Å². The lowest BCUT2D eigenvalue weighted by Crippen LogP contribution is -1.98. The Bertz CT molecular complexity index is 393. The maximum atomic E-state index is 5.65. The predicted octanol–water partition coefficient (Wildman–Crippen LogP) is 2.74. The fraction of sp³-hybridized carbons (Fsp3) is 0.533. The Morgan fingerprint density at radius 1 is 1.22 bits per heavy atom. The summed E-state index contributed by atoms with van der Waals surface area (Å²) in [6.07, 6.45) is 9.64. The van der Waals surface area contributed by atoms with Crippen LogP contribution in [0.25, 0.3) is 0 Å². The smallest absolute Gasteiger partial charge is 0.138 e. The molecule has 0 unspecified atom stereocenters. The molecule has 0 saturated heterocycles. The third kappa shape index (κ3) is 6.27. The Morgan fingerprint density at radius 2 is 2.06 bits per heavy atom. The van der Waals surface area contributed by atoms with Crippen molar-refractivity contribution < 1.29 is 4.74 Å². The van der Waals surface area contributed by atoms with Crippen molar-refractivity contribution in [3.05, 3.63) is 24.0 Å². The van der Waals surface area contributed by atoms with Gasteiger partial charge in [0.1, 0.15) is 5.75 Å². The predicted molar refractivity (Wildman–Crippen MR) is 74.4 cm³/mol. The van der Waals surface area contributed by atoms with Gasteiger partial charge in [-0.05, 0) is 12.5 Å². The molecule has 0 bridgehead atoms. The minimum absolute atomic E-state index is 0.364. The summed E-state index contributed by atoms with van der Waals surface area (Å²) < 4.78 is 5.65. The van der Waals surface area contributed by atoms with Crippen molar-refractivity contribution >= 4 is 0 Å². The van der Waals surface area contributed by atoms with Crippen molar-refractivity contribution in [3.63, 3.8) is 0 Å². The quantitative estimate of drug-likeness (QED) is 0.594. The summed E-state index contributed by atoms with van der Waals surface area (Å²) in [5, 5.41) is 0. The van der Waals surface area contributed by atoms with Crippen LogP contribution in [0.4, 0.5) is 0 Å². The molecule has 1 aromatic heterocycles. The van der Waals surface area contributed by atoms with Crippen molar-refractivity contribution in [2.75, 3.05) is 13.2 Å².